The van der Waals surface area contributed by atoms with E-state index >= 15 is 0 Å². The van der Waals surface area contributed by atoms with Crippen molar-refractivity contribution in [3.63, 3.8) is 0 Å². The van der Waals surface area contributed by atoms with Crippen molar-refractivity contribution in [1.82, 2.24) is 4.98 Å². The maximum atomic E-state index is 8.75. The van der Waals surface area contributed by atoms with Crippen LogP contribution in [0.5, 0.6) is 0 Å². The summed E-state index contributed by atoms with van der Waals surface area (Å²) in [6.07, 6.45) is 2.89. The predicted molar refractivity (Wildman–Crippen MR) is 48.7 cm³/mol. The molecule has 2 nitrogen and oxygen atoms in total. The van der Waals surface area contributed by atoms with E-state index in [2.05, 4.69) is 18.8 Å². The molecule has 2 heteroatoms. The zero-order valence-electron chi connectivity index (χ0n) is 7.62. The van der Waals surface area contributed by atoms with Gasteiger partial charge in [-0.05, 0) is 24.0 Å². The quantitative estimate of drug-likeness (QED) is 0.740. The number of aliphatic hydroxyl groups is 1. The second kappa shape index (κ2) is 4.21. The molecule has 0 saturated heterocycles. The molecule has 0 aromatic carbocycles. The maximum Gasteiger partial charge on any atom is 0.0852 e. The van der Waals surface area contributed by atoms with Gasteiger partial charge in [0.1, 0.15) is 0 Å². The number of aromatic nitrogens is 1. The van der Waals surface area contributed by atoms with Crippen LogP contribution >= 0.6 is 0 Å². The molecule has 1 rings (SSSR count). The van der Waals surface area contributed by atoms with Gasteiger partial charge in [-0.1, -0.05) is 19.9 Å². The van der Waals surface area contributed by atoms with E-state index in [9.17, 15) is 0 Å². The standard InChI is InChI=1S/C10H15NO/c1-8(2)5-9-3-4-10(7-12)11-6-9/h3-4,6,8,12H,5,7H2,1-2H3. The Labute approximate surface area is 73.3 Å². The third-order valence-electron chi connectivity index (χ3n) is 1.69. The number of rotatable bonds is 3. The first kappa shape index (κ1) is 9.20. The van der Waals surface area contributed by atoms with Gasteiger partial charge < -0.3 is 5.11 Å². The van der Waals surface area contributed by atoms with E-state index in [-0.39, 0.29) is 6.61 Å². The SMILES string of the molecule is CC(C)Cc1ccc(CO)nc1. The van der Waals surface area contributed by atoms with Gasteiger partial charge >= 0.3 is 0 Å². The minimum absolute atomic E-state index is 0.0297. The molecule has 0 aliphatic carbocycles. The summed E-state index contributed by atoms with van der Waals surface area (Å²) in [6.45, 7) is 4.39. The average Bonchev–Trinajstić information content (AvgIpc) is 2.05. The van der Waals surface area contributed by atoms with Gasteiger partial charge in [0.05, 0.1) is 12.3 Å². The Morgan fingerprint density at radius 3 is 2.58 bits per heavy atom. The lowest BCUT2D eigenvalue weighted by Crippen LogP contribution is -1.96. The minimum atomic E-state index is 0.0297. The Bertz CT molecular complexity index is 228. The normalized spacial score (nSPS) is 10.7. The molecule has 0 spiro atoms. The van der Waals surface area contributed by atoms with Crippen molar-refractivity contribution in [2.45, 2.75) is 26.9 Å². The molecule has 1 N–H and O–H groups in total. The highest BCUT2D eigenvalue weighted by Gasteiger charge is 1.97. The molecule has 1 aromatic rings. The molecule has 0 bridgehead atoms. The highest BCUT2D eigenvalue weighted by molar-refractivity contribution is 5.13. The highest BCUT2D eigenvalue weighted by Crippen LogP contribution is 2.06. The zero-order valence-corrected chi connectivity index (χ0v) is 7.62. The van der Waals surface area contributed by atoms with E-state index in [1.54, 1.807) is 0 Å². The monoisotopic (exact) mass is 165 g/mol. The lowest BCUT2D eigenvalue weighted by atomic mass is 10.0. The maximum absolute atomic E-state index is 8.75. The molecule has 0 aliphatic rings. The molecule has 0 radical (unpaired) electrons. The van der Waals surface area contributed by atoms with E-state index in [0.29, 0.717) is 5.92 Å². The predicted octanol–water partition coefficient (Wildman–Crippen LogP) is 1.77. The second-order valence-corrected chi connectivity index (χ2v) is 3.41. The molecule has 0 aliphatic heterocycles. The van der Waals surface area contributed by atoms with Crippen LogP contribution in [0.2, 0.25) is 0 Å². The van der Waals surface area contributed by atoms with Crippen molar-refractivity contribution in [1.29, 1.82) is 0 Å². The second-order valence-electron chi connectivity index (χ2n) is 3.41. The summed E-state index contributed by atoms with van der Waals surface area (Å²) in [5.41, 5.74) is 1.98. The number of hydrogen-bond donors (Lipinski definition) is 1. The molecule has 66 valence electrons. The van der Waals surface area contributed by atoms with Crippen molar-refractivity contribution in [2.24, 2.45) is 5.92 Å². The summed E-state index contributed by atoms with van der Waals surface area (Å²) in [5, 5.41) is 8.75. The summed E-state index contributed by atoms with van der Waals surface area (Å²) in [4.78, 5) is 4.10. The first-order valence-corrected chi connectivity index (χ1v) is 4.27. The average molecular weight is 165 g/mol. The molecule has 1 heterocycles. The topological polar surface area (TPSA) is 33.1 Å². The van der Waals surface area contributed by atoms with Crippen molar-refractivity contribution < 1.29 is 5.11 Å². The number of pyridine rings is 1. The van der Waals surface area contributed by atoms with Gasteiger partial charge in [0.25, 0.3) is 0 Å². The minimum Gasteiger partial charge on any atom is -0.390 e. The Kier molecular flexibility index (Phi) is 3.23. The van der Waals surface area contributed by atoms with Gasteiger partial charge in [-0.25, -0.2) is 0 Å². The Balaban J connectivity index is 2.65. The van der Waals surface area contributed by atoms with Crippen molar-refractivity contribution in [3.05, 3.63) is 29.6 Å². The molecule has 0 fully saturated rings. The van der Waals surface area contributed by atoms with Crippen LogP contribution in [-0.4, -0.2) is 10.1 Å². The molecule has 0 atom stereocenters. The summed E-state index contributed by atoms with van der Waals surface area (Å²) in [7, 11) is 0. The first-order chi connectivity index (χ1) is 5.72. The Morgan fingerprint density at radius 2 is 2.17 bits per heavy atom. The van der Waals surface area contributed by atoms with Crippen molar-refractivity contribution in [3.8, 4) is 0 Å². The Morgan fingerprint density at radius 1 is 1.42 bits per heavy atom. The van der Waals surface area contributed by atoms with E-state index in [1.165, 1.54) is 5.56 Å². The van der Waals surface area contributed by atoms with Gasteiger partial charge in [-0.15, -0.1) is 0 Å². The summed E-state index contributed by atoms with van der Waals surface area (Å²) in [5.74, 6) is 0.659. The zero-order chi connectivity index (χ0) is 8.97. The van der Waals surface area contributed by atoms with E-state index < -0.39 is 0 Å². The van der Waals surface area contributed by atoms with Crippen molar-refractivity contribution >= 4 is 0 Å². The van der Waals surface area contributed by atoms with Crippen LogP contribution in [0.4, 0.5) is 0 Å². The third kappa shape index (κ3) is 2.62. The fraction of sp³-hybridized carbons (Fsp3) is 0.500. The number of nitrogens with zero attached hydrogens (tertiary/aromatic N) is 1. The molecule has 0 amide bonds. The summed E-state index contributed by atoms with van der Waals surface area (Å²) >= 11 is 0. The van der Waals surface area contributed by atoms with E-state index in [4.69, 9.17) is 5.11 Å². The van der Waals surface area contributed by atoms with Gasteiger partial charge in [0.2, 0.25) is 0 Å². The van der Waals surface area contributed by atoms with Crippen LogP contribution < -0.4 is 0 Å². The number of hydrogen-bond acceptors (Lipinski definition) is 2. The molecular formula is C10H15NO. The first-order valence-electron chi connectivity index (χ1n) is 4.27. The fourth-order valence-electron chi connectivity index (χ4n) is 1.14. The summed E-state index contributed by atoms with van der Waals surface area (Å²) < 4.78 is 0. The van der Waals surface area contributed by atoms with Crippen molar-refractivity contribution in [2.75, 3.05) is 0 Å². The van der Waals surface area contributed by atoms with Crippen LogP contribution in [0.1, 0.15) is 25.1 Å². The van der Waals surface area contributed by atoms with Crippen LogP contribution in [-0.2, 0) is 13.0 Å². The fourth-order valence-corrected chi connectivity index (χ4v) is 1.14. The van der Waals surface area contributed by atoms with Gasteiger partial charge in [-0.3, -0.25) is 4.98 Å². The molecular weight excluding hydrogens is 150 g/mol. The number of aliphatic hydroxyl groups excluding tert-OH is 1. The molecule has 0 saturated carbocycles. The smallest absolute Gasteiger partial charge is 0.0852 e. The lowest BCUT2D eigenvalue weighted by Gasteiger charge is -2.04. The molecule has 1 aromatic heterocycles. The van der Waals surface area contributed by atoms with E-state index in [1.807, 2.05) is 18.3 Å². The van der Waals surface area contributed by atoms with Gasteiger partial charge in [-0.2, -0.15) is 0 Å². The summed E-state index contributed by atoms with van der Waals surface area (Å²) in [6, 6.07) is 3.90. The van der Waals surface area contributed by atoms with Crippen LogP contribution in [0.15, 0.2) is 18.3 Å². The largest absolute Gasteiger partial charge is 0.390 e. The molecule has 12 heavy (non-hydrogen) atoms. The van der Waals surface area contributed by atoms with Crippen LogP contribution in [0.25, 0.3) is 0 Å². The van der Waals surface area contributed by atoms with Crippen LogP contribution in [0, 0.1) is 5.92 Å². The third-order valence-corrected chi connectivity index (χ3v) is 1.69. The Hall–Kier alpha value is -0.890. The van der Waals surface area contributed by atoms with Gasteiger partial charge in [0.15, 0.2) is 0 Å². The highest BCUT2D eigenvalue weighted by atomic mass is 16.3. The van der Waals surface area contributed by atoms with Crippen LogP contribution in [0.3, 0.4) is 0 Å². The van der Waals surface area contributed by atoms with Gasteiger partial charge in [0, 0.05) is 6.20 Å². The lowest BCUT2D eigenvalue weighted by molar-refractivity contribution is 0.277. The molecule has 0 unspecified atom stereocenters. The van der Waals surface area contributed by atoms with E-state index in [0.717, 1.165) is 12.1 Å².